The van der Waals surface area contributed by atoms with Gasteiger partial charge >= 0.3 is 0 Å². The van der Waals surface area contributed by atoms with Crippen molar-refractivity contribution < 1.29 is 13.2 Å². The monoisotopic (exact) mass is 356 g/mol. The molecule has 23 heavy (non-hydrogen) atoms. The molecular formula is C16H24N2O3S2. The van der Waals surface area contributed by atoms with E-state index in [4.69, 9.17) is 0 Å². The van der Waals surface area contributed by atoms with Crippen LogP contribution >= 0.6 is 11.8 Å². The summed E-state index contributed by atoms with van der Waals surface area (Å²) >= 11 is 1.46. The van der Waals surface area contributed by atoms with Gasteiger partial charge in [0, 0.05) is 11.3 Å². The summed E-state index contributed by atoms with van der Waals surface area (Å²) in [4.78, 5) is 12.8. The van der Waals surface area contributed by atoms with E-state index in [2.05, 4.69) is 5.32 Å². The average molecular weight is 357 g/mol. The second-order valence-electron chi connectivity index (χ2n) is 6.92. The van der Waals surface area contributed by atoms with Crippen molar-refractivity contribution in [3.63, 3.8) is 0 Å². The van der Waals surface area contributed by atoms with Gasteiger partial charge in [-0.15, -0.1) is 11.8 Å². The Kier molecular flexibility index (Phi) is 5.13. The van der Waals surface area contributed by atoms with Crippen LogP contribution < -0.4 is 5.32 Å². The Labute approximate surface area is 142 Å². The fourth-order valence-corrected chi connectivity index (χ4v) is 5.90. The van der Waals surface area contributed by atoms with Crippen molar-refractivity contribution in [2.75, 3.05) is 11.6 Å². The van der Waals surface area contributed by atoms with E-state index in [1.54, 1.807) is 19.1 Å². The van der Waals surface area contributed by atoms with Crippen LogP contribution in [0.3, 0.4) is 0 Å². The van der Waals surface area contributed by atoms with Gasteiger partial charge in [0.25, 0.3) is 0 Å². The van der Waals surface area contributed by atoms with Gasteiger partial charge in [-0.2, -0.15) is 4.31 Å². The number of thioether (sulfide) groups is 1. The summed E-state index contributed by atoms with van der Waals surface area (Å²) in [5.74, 6) is 0.542. The summed E-state index contributed by atoms with van der Waals surface area (Å²) in [6, 6.07) is 4.70. The number of hydrogen-bond donors (Lipinski definition) is 1. The summed E-state index contributed by atoms with van der Waals surface area (Å²) in [7, 11) is -3.69. The van der Waals surface area contributed by atoms with Crippen LogP contribution in [-0.4, -0.2) is 41.8 Å². The maximum absolute atomic E-state index is 13.0. The number of aryl methyl sites for hydroxylation is 2. The third-order valence-electron chi connectivity index (χ3n) is 3.57. The number of nitrogens with one attached hydrogen (secondary N) is 1. The third kappa shape index (κ3) is 4.08. The Bertz CT molecular complexity index is 709. The maximum atomic E-state index is 13.0. The van der Waals surface area contributed by atoms with Gasteiger partial charge in [0.2, 0.25) is 15.9 Å². The lowest BCUT2D eigenvalue weighted by Crippen LogP contribution is -2.52. The fraction of sp³-hybridized carbons (Fsp3) is 0.562. The van der Waals surface area contributed by atoms with Crippen molar-refractivity contribution in [2.24, 2.45) is 0 Å². The van der Waals surface area contributed by atoms with E-state index in [-0.39, 0.29) is 16.3 Å². The van der Waals surface area contributed by atoms with Gasteiger partial charge in [-0.1, -0.05) is 12.1 Å². The van der Waals surface area contributed by atoms with Crippen molar-refractivity contribution >= 4 is 27.7 Å². The zero-order chi connectivity index (χ0) is 17.4. The summed E-state index contributed by atoms with van der Waals surface area (Å²) in [5, 5.41) is 2.88. The number of amides is 1. The first-order chi connectivity index (χ1) is 10.5. The smallest absolute Gasteiger partial charge is 0.244 e. The third-order valence-corrected chi connectivity index (χ3v) is 6.75. The molecule has 0 aliphatic carbocycles. The standard InChI is InChI=1S/C16H24N2O3S2/c1-11-6-7-12(2)14(8-11)23(20,21)18-10-22-9-13(18)15(19)17-16(3,4)5/h6-8,13H,9-10H2,1-5H3,(H,17,19). The first kappa shape index (κ1) is 18.3. The Balaban J connectivity index is 2.35. The lowest BCUT2D eigenvalue weighted by molar-refractivity contribution is -0.125. The van der Waals surface area contributed by atoms with Crippen LogP contribution in [0.2, 0.25) is 0 Å². The average Bonchev–Trinajstić information content (AvgIpc) is 2.89. The minimum absolute atomic E-state index is 0.239. The van der Waals surface area contributed by atoms with Crippen molar-refractivity contribution in [1.82, 2.24) is 9.62 Å². The Morgan fingerprint density at radius 1 is 1.30 bits per heavy atom. The molecule has 1 amide bonds. The minimum atomic E-state index is -3.69. The number of hydrogen-bond acceptors (Lipinski definition) is 4. The van der Waals surface area contributed by atoms with E-state index in [9.17, 15) is 13.2 Å². The highest BCUT2D eigenvalue weighted by Crippen LogP contribution is 2.30. The lowest BCUT2D eigenvalue weighted by atomic mass is 10.1. The van der Waals surface area contributed by atoms with Crippen LogP contribution in [-0.2, 0) is 14.8 Å². The first-order valence-corrected chi connectivity index (χ1v) is 10.1. The highest BCUT2D eigenvalue weighted by Gasteiger charge is 2.41. The molecular weight excluding hydrogens is 332 g/mol. The molecule has 1 N–H and O–H groups in total. The number of carbonyl (C=O) groups is 1. The van der Waals surface area contributed by atoms with Gasteiger partial charge in [-0.25, -0.2) is 8.42 Å². The molecule has 1 aliphatic heterocycles. The van der Waals surface area contributed by atoms with Gasteiger partial charge < -0.3 is 5.32 Å². The van der Waals surface area contributed by atoms with E-state index in [1.807, 2.05) is 33.8 Å². The number of benzene rings is 1. The van der Waals surface area contributed by atoms with E-state index in [0.717, 1.165) is 5.56 Å². The van der Waals surface area contributed by atoms with E-state index < -0.39 is 16.1 Å². The Morgan fingerprint density at radius 3 is 2.57 bits per heavy atom. The predicted molar refractivity (Wildman–Crippen MR) is 93.9 cm³/mol. The molecule has 1 fully saturated rings. The molecule has 0 aromatic heterocycles. The second kappa shape index (κ2) is 6.45. The van der Waals surface area contributed by atoms with Crippen LogP contribution in [0.25, 0.3) is 0 Å². The molecule has 0 saturated carbocycles. The van der Waals surface area contributed by atoms with Crippen LogP contribution in [0, 0.1) is 13.8 Å². The molecule has 1 unspecified atom stereocenters. The zero-order valence-electron chi connectivity index (χ0n) is 14.2. The normalized spacial score (nSPS) is 19.8. The zero-order valence-corrected chi connectivity index (χ0v) is 15.8. The molecule has 5 nitrogen and oxygen atoms in total. The van der Waals surface area contributed by atoms with E-state index in [0.29, 0.717) is 17.2 Å². The Hall–Kier alpha value is -1.05. The molecule has 128 valence electrons. The second-order valence-corrected chi connectivity index (χ2v) is 9.77. The topological polar surface area (TPSA) is 66.5 Å². The van der Waals surface area contributed by atoms with E-state index >= 15 is 0 Å². The molecule has 1 saturated heterocycles. The van der Waals surface area contributed by atoms with Gasteiger partial charge in [0.05, 0.1) is 10.8 Å². The maximum Gasteiger partial charge on any atom is 0.244 e. The Morgan fingerprint density at radius 2 is 1.96 bits per heavy atom. The van der Waals surface area contributed by atoms with Gasteiger partial charge in [0.15, 0.2) is 0 Å². The largest absolute Gasteiger partial charge is 0.350 e. The lowest BCUT2D eigenvalue weighted by Gasteiger charge is -2.27. The molecule has 0 spiro atoms. The predicted octanol–water partition coefficient (Wildman–Crippen LogP) is 2.28. The first-order valence-electron chi connectivity index (χ1n) is 7.51. The summed E-state index contributed by atoms with van der Waals surface area (Å²) in [6.07, 6.45) is 0. The molecule has 0 bridgehead atoms. The van der Waals surface area contributed by atoms with Crippen molar-refractivity contribution in [3.8, 4) is 0 Å². The summed E-state index contributed by atoms with van der Waals surface area (Å²) in [6.45, 7) is 9.30. The number of carbonyl (C=O) groups excluding carboxylic acids is 1. The molecule has 7 heteroatoms. The molecule has 1 aromatic rings. The number of sulfonamides is 1. The SMILES string of the molecule is Cc1ccc(C)c(S(=O)(=O)N2CSCC2C(=O)NC(C)(C)C)c1. The van der Waals surface area contributed by atoms with Crippen molar-refractivity contribution in [3.05, 3.63) is 29.3 Å². The quantitative estimate of drug-likeness (QED) is 0.902. The number of rotatable bonds is 3. The summed E-state index contributed by atoms with van der Waals surface area (Å²) in [5.41, 5.74) is 1.19. The molecule has 1 heterocycles. The molecule has 0 radical (unpaired) electrons. The molecule has 1 atom stereocenters. The van der Waals surface area contributed by atoms with Gasteiger partial charge in [-0.3, -0.25) is 4.79 Å². The molecule has 2 rings (SSSR count). The summed E-state index contributed by atoms with van der Waals surface area (Å²) < 4.78 is 27.4. The van der Waals surface area contributed by atoms with Crippen molar-refractivity contribution in [1.29, 1.82) is 0 Å². The molecule has 1 aromatic carbocycles. The fourth-order valence-electron chi connectivity index (χ4n) is 2.44. The highest BCUT2D eigenvalue weighted by molar-refractivity contribution is 8.00. The van der Waals surface area contributed by atoms with Gasteiger partial charge in [0.1, 0.15) is 6.04 Å². The van der Waals surface area contributed by atoms with E-state index in [1.165, 1.54) is 16.1 Å². The van der Waals surface area contributed by atoms with Crippen molar-refractivity contribution in [2.45, 2.75) is 51.1 Å². The van der Waals surface area contributed by atoms with Gasteiger partial charge in [-0.05, 0) is 51.8 Å². The van der Waals surface area contributed by atoms with Crippen LogP contribution in [0.1, 0.15) is 31.9 Å². The van der Waals surface area contributed by atoms with Crippen LogP contribution in [0.15, 0.2) is 23.1 Å². The number of nitrogens with zero attached hydrogens (tertiary/aromatic N) is 1. The minimum Gasteiger partial charge on any atom is -0.350 e. The van der Waals surface area contributed by atoms with Crippen LogP contribution in [0.4, 0.5) is 0 Å². The molecule has 1 aliphatic rings. The highest BCUT2D eigenvalue weighted by atomic mass is 32.2. The van der Waals surface area contributed by atoms with Crippen LogP contribution in [0.5, 0.6) is 0 Å².